The smallest absolute Gasteiger partial charge is 0.232 e. The molecule has 4 nitrogen and oxygen atoms in total. The molecule has 4 heteroatoms. The molecular formula is C12H17N3O. The molecule has 0 unspecified atom stereocenters. The van der Waals surface area contributed by atoms with Gasteiger partial charge in [0.1, 0.15) is 5.82 Å². The van der Waals surface area contributed by atoms with Gasteiger partial charge < -0.3 is 10.6 Å². The second-order valence-electron chi connectivity index (χ2n) is 5.23. The van der Waals surface area contributed by atoms with Crippen LogP contribution in [0.25, 0.3) is 0 Å². The Morgan fingerprint density at radius 3 is 2.62 bits per heavy atom. The minimum absolute atomic E-state index is 0.0109. The van der Waals surface area contributed by atoms with Crippen LogP contribution in [0.15, 0.2) is 18.3 Å². The standard InChI is InChI=1S/C12H17N3O/c1-11(2)10(16)14-8-6-5-7-13-9(8)15-12(11,3)4/h5-7H,1-4H3,(H,13,15)(H,14,16). The molecule has 16 heavy (non-hydrogen) atoms. The van der Waals surface area contributed by atoms with E-state index in [2.05, 4.69) is 15.6 Å². The van der Waals surface area contributed by atoms with Gasteiger partial charge in [-0.15, -0.1) is 0 Å². The van der Waals surface area contributed by atoms with E-state index in [4.69, 9.17) is 0 Å². The molecule has 2 N–H and O–H groups in total. The van der Waals surface area contributed by atoms with Crippen LogP contribution in [-0.2, 0) is 4.79 Å². The molecule has 1 aromatic rings. The van der Waals surface area contributed by atoms with Gasteiger partial charge in [-0.1, -0.05) is 0 Å². The fraction of sp³-hybridized carbons (Fsp3) is 0.500. The topological polar surface area (TPSA) is 54.0 Å². The lowest BCUT2D eigenvalue weighted by molar-refractivity contribution is -0.126. The first-order chi connectivity index (χ1) is 7.34. The number of amides is 1. The maximum absolute atomic E-state index is 12.1. The number of rotatable bonds is 0. The SMILES string of the molecule is CC1(C)Nc2ncccc2NC(=O)C1(C)C. The summed E-state index contributed by atoms with van der Waals surface area (Å²) in [7, 11) is 0. The number of fused-ring (bicyclic) bond motifs is 1. The summed E-state index contributed by atoms with van der Waals surface area (Å²) in [5.41, 5.74) is -0.115. The van der Waals surface area contributed by atoms with Crippen molar-refractivity contribution in [3.05, 3.63) is 18.3 Å². The summed E-state index contributed by atoms with van der Waals surface area (Å²) in [5, 5.41) is 6.23. The molecule has 1 aromatic heterocycles. The van der Waals surface area contributed by atoms with Gasteiger partial charge in [-0.25, -0.2) is 4.98 Å². The third kappa shape index (κ3) is 1.45. The summed E-state index contributed by atoms with van der Waals surface area (Å²) in [6, 6.07) is 3.66. The van der Waals surface area contributed by atoms with Crippen LogP contribution in [0.1, 0.15) is 27.7 Å². The highest BCUT2D eigenvalue weighted by molar-refractivity contribution is 5.99. The average molecular weight is 219 g/mol. The number of carbonyl (C=O) groups excluding carboxylic acids is 1. The van der Waals surface area contributed by atoms with E-state index in [0.717, 1.165) is 11.5 Å². The molecule has 2 heterocycles. The molecule has 0 saturated heterocycles. The van der Waals surface area contributed by atoms with Crippen LogP contribution in [0.3, 0.4) is 0 Å². The van der Waals surface area contributed by atoms with Gasteiger partial charge in [-0.2, -0.15) is 0 Å². The van der Waals surface area contributed by atoms with Crippen molar-refractivity contribution < 1.29 is 4.79 Å². The second-order valence-corrected chi connectivity index (χ2v) is 5.23. The highest BCUT2D eigenvalue weighted by Crippen LogP contribution is 2.39. The third-order valence-corrected chi connectivity index (χ3v) is 3.62. The monoisotopic (exact) mass is 219 g/mol. The van der Waals surface area contributed by atoms with Crippen molar-refractivity contribution in [3.63, 3.8) is 0 Å². The van der Waals surface area contributed by atoms with Gasteiger partial charge in [0.25, 0.3) is 0 Å². The first-order valence-corrected chi connectivity index (χ1v) is 5.39. The number of aromatic nitrogens is 1. The molecule has 0 saturated carbocycles. The molecule has 86 valence electrons. The summed E-state index contributed by atoms with van der Waals surface area (Å²) >= 11 is 0. The summed E-state index contributed by atoms with van der Waals surface area (Å²) < 4.78 is 0. The van der Waals surface area contributed by atoms with Crippen molar-refractivity contribution in [1.82, 2.24) is 4.98 Å². The lowest BCUT2D eigenvalue weighted by atomic mass is 9.74. The Kier molecular flexibility index (Phi) is 2.19. The summed E-state index contributed by atoms with van der Waals surface area (Å²) in [5.74, 6) is 0.739. The zero-order valence-electron chi connectivity index (χ0n) is 10.1. The number of hydrogen-bond donors (Lipinski definition) is 2. The Morgan fingerprint density at radius 2 is 1.94 bits per heavy atom. The molecule has 1 aliphatic heterocycles. The number of anilines is 2. The largest absolute Gasteiger partial charge is 0.362 e. The van der Waals surface area contributed by atoms with Gasteiger partial charge in [0.15, 0.2) is 0 Å². The molecular weight excluding hydrogens is 202 g/mol. The zero-order chi connectivity index (χ0) is 12.0. The summed E-state index contributed by atoms with van der Waals surface area (Å²) in [4.78, 5) is 16.4. The maximum atomic E-state index is 12.1. The van der Waals surface area contributed by atoms with Gasteiger partial charge in [-0.3, -0.25) is 4.79 Å². The minimum Gasteiger partial charge on any atom is -0.362 e. The molecule has 0 spiro atoms. The summed E-state index contributed by atoms with van der Waals surface area (Å²) in [6.45, 7) is 7.88. The van der Waals surface area contributed by atoms with E-state index in [9.17, 15) is 4.79 Å². The van der Waals surface area contributed by atoms with E-state index in [1.807, 2.05) is 39.8 Å². The van der Waals surface area contributed by atoms with Gasteiger partial charge in [0.05, 0.1) is 11.1 Å². The average Bonchev–Trinajstić information content (AvgIpc) is 2.25. The normalized spacial score (nSPS) is 21.4. The van der Waals surface area contributed by atoms with E-state index in [0.29, 0.717) is 0 Å². The van der Waals surface area contributed by atoms with Crippen LogP contribution in [-0.4, -0.2) is 16.4 Å². The Hall–Kier alpha value is -1.58. The lowest BCUT2D eigenvalue weighted by Gasteiger charge is -2.38. The number of nitrogens with zero attached hydrogens (tertiary/aromatic N) is 1. The predicted molar refractivity (Wildman–Crippen MR) is 64.3 cm³/mol. The third-order valence-electron chi connectivity index (χ3n) is 3.62. The van der Waals surface area contributed by atoms with Crippen LogP contribution in [0.2, 0.25) is 0 Å². The van der Waals surface area contributed by atoms with Crippen molar-refractivity contribution in [2.24, 2.45) is 5.41 Å². The molecule has 0 atom stereocenters. The summed E-state index contributed by atoms with van der Waals surface area (Å²) in [6.07, 6.45) is 1.71. The molecule has 0 aromatic carbocycles. The van der Waals surface area contributed by atoms with Crippen molar-refractivity contribution in [1.29, 1.82) is 0 Å². The molecule has 0 fully saturated rings. The van der Waals surface area contributed by atoms with Gasteiger partial charge in [-0.05, 0) is 39.8 Å². The fourth-order valence-electron chi connectivity index (χ4n) is 1.62. The number of hydrogen-bond acceptors (Lipinski definition) is 3. The number of carbonyl (C=O) groups is 1. The van der Waals surface area contributed by atoms with Gasteiger partial charge >= 0.3 is 0 Å². The van der Waals surface area contributed by atoms with Crippen molar-refractivity contribution in [3.8, 4) is 0 Å². The first-order valence-electron chi connectivity index (χ1n) is 5.39. The molecule has 1 amide bonds. The van der Waals surface area contributed by atoms with Crippen LogP contribution in [0, 0.1) is 5.41 Å². The Balaban J connectivity index is 2.53. The highest BCUT2D eigenvalue weighted by Gasteiger charge is 2.45. The van der Waals surface area contributed by atoms with Crippen LogP contribution < -0.4 is 10.6 Å². The lowest BCUT2D eigenvalue weighted by Crippen LogP contribution is -2.51. The van der Waals surface area contributed by atoms with Crippen LogP contribution in [0.5, 0.6) is 0 Å². The highest BCUT2D eigenvalue weighted by atomic mass is 16.2. The fourth-order valence-corrected chi connectivity index (χ4v) is 1.62. The van der Waals surface area contributed by atoms with Crippen LogP contribution >= 0.6 is 0 Å². The van der Waals surface area contributed by atoms with Gasteiger partial charge in [0, 0.05) is 11.7 Å². The van der Waals surface area contributed by atoms with Crippen molar-refractivity contribution in [2.45, 2.75) is 33.2 Å². The van der Waals surface area contributed by atoms with E-state index in [-0.39, 0.29) is 11.4 Å². The van der Waals surface area contributed by atoms with E-state index >= 15 is 0 Å². The quantitative estimate of drug-likeness (QED) is 0.703. The Morgan fingerprint density at radius 1 is 1.25 bits per heavy atom. The Bertz CT molecular complexity index is 438. The number of nitrogens with one attached hydrogen (secondary N) is 2. The van der Waals surface area contributed by atoms with E-state index in [1.165, 1.54) is 0 Å². The van der Waals surface area contributed by atoms with Crippen molar-refractivity contribution >= 4 is 17.4 Å². The molecule has 0 aliphatic carbocycles. The Labute approximate surface area is 95.5 Å². The second kappa shape index (κ2) is 3.20. The van der Waals surface area contributed by atoms with Crippen LogP contribution in [0.4, 0.5) is 11.5 Å². The van der Waals surface area contributed by atoms with E-state index in [1.54, 1.807) is 6.20 Å². The van der Waals surface area contributed by atoms with Gasteiger partial charge in [0.2, 0.25) is 5.91 Å². The first kappa shape index (κ1) is 10.9. The molecule has 1 aliphatic rings. The predicted octanol–water partition coefficient (Wildman–Crippen LogP) is 2.25. The molecule has 0 bridgehead atoms. The zero-order valence-corrected chi connectivity index (χ0v) is 10.1. The maximum Gasteiger partial charge on any atom is 0.232 e. The minimum atomic E-state index is -0.506. The van der Waals surface area contributed by atoms with E-state index < -0.39 is 5.41 Å². The van der Waals surface area contributed by atoms with Crippen molar-refractivity contribution in [2.75, 3.05) is 10.6 Å². The molecule has 2 rings (SSSR count). The molecule has 0 radical (unpaired) electrons. The number of pyridine rings is 1.